The van der Waals surface area contributed by atoms with Crippen LogP contribution in [0.5, 0.6) is 0 Å². The fourth-order valence-corrected chi connectivity index (χ4v) is 3.45. The highest BCUT2D eigenvalue weighted by atomic mass is 32.2. The zero-order valence-electron chi connectivity index (χ0n) is 13.2. The number of amides is 1. The number of hydrogen-bond donors (Lipinski definition) is 2. The average Bonchev–Trinajstić information content (AvgIpc) is 3.05. The van der Waals surface area contributed by atoms with E-state index in [4.69, 9.17) is 0 Å². The summed E-state index contributed by atoms with van der Waals surface area (Å²) >= 11 is 1.34. The van der Waals surface area contributed by atoms with E-state index < -0.39 is 0 Å². The molecule has 6 nitrogen and oxygen atoms in total. The van der Waals surface area contributed by atoms with Gasteiger partial charge in [0, 0.05) is 12.2 Å². The number of carbonyl (C=O) groups is 1. The molecule has 2 unspecified atom stereocenters. The number of nitrogens with zero attached hydrogens (tertiary/aromatic N) is 3. The maximum absolute atomic E-state index is 12.1. The number of aromatic amines is 1. The largest absolute Gasteiger partial charge is 0.352 e. The van der Waals surface area contributed by atoms with E-state index in [2.05, 4.69) is 32.4 Å². The first-order valence-electron chi connectivity index (χ1n) is 7.98. The number of thioether (sulfide) groups is 1. The molecule has 0 aromatic carbocycles. The van der Waals surface area contributed by atoms with E-state index in [-0.39, 0.29) is 5.91 Å². The number of hydrogen-bond acceptors (Lipinski definition) is 5. The first-order chi connectivity index (χ1) is 11.2. The molecule has 1 amide bonds. The van der Waals surface area contributed by atoms with E-state index in [1.165, 1.54) is 31.0 Å². The van der Waals surface area contributed by atoms with Crippen LogP contribution < -0.4 is 5.32 Å². The summed E-state index contributed by atoms with van der Waals surface area (Å²) in [5.74, 6) is 1.58. The number of aromatic nitrogens is 4. The van der Waals surface area contributed by atoms with Crippen LogP contribution in [0.1, 0.15) is 32.6 Å². The minimum absolute atomic E-state index is 0.0536. The van der Waals surface area contributed by atoms with E-state index in [1.807, 2.05) is 18.2 Å². The van der Waals surface area contributed by atoms with Gasteiger partial charge in [0.2, 0.25) is 11.1 Å². The predicted octanol–water partition coefficient (Wildman–Crippen LogP) is 2.65. The van der Waals surface area contributed by atoms with Crippen LogP contribution in [0, 0.1) is 5.92 Å². The Morgan fingerprint density at radius 2 is 2.26 bits per heavy atom. The topological polar surface area (TPSA) is 83.6 Å². The summed E-state index contributed by atoms with van der Waals surface area (Å²) in [5, 5.41) is 10.7. The van der Waals surface area contributed by atoms with E-state index in [1.54, 1.807) is 6.20 Å². The van der Waals surface area contributed by atoms with Crippen LogP contribution in [0.2, 0.25) is 0 Å². The van der Waals surface area contributed by atoms with Gasteiger partial charge >= 0.3 is 0 Å². The Kier molecular flexibility index (Phi) is 5.27. The summed E-state index contributed by atoms with van der Waals surface area (Å²) in [6, 6.07) is 5.93. The summed E-state index contributed by atoms with van der Waals surface area (Å²) in [6.45, 7) is 2.21. The van der Waals surface area contributed by atoms with E-state index >= 15 is 0 Å². The van der Waals surface area contributed by atoms with Gasteiger partial charge in [-0.2, -0.15) is 4.98 Å². The molecule has 1 fully saturated rings. The summed E-state index contributed by atoms with van der Waals surface area (Å²) in [5.41, 5.74) is 0.743. The van der Waals surface area contributed by atoms with Gasteiger partial charge in [0.25, 0.3) is 0 Å². The highest BCUT2D eigenvalue weighted by Gasteiger charge is 2.22. The van der Waals surface area contributed by atoms with Crippen molar-refractivity contribution < 1.29 is 4.79 Å². The van der Waals surface area contributed by atoms with Crippen molar-refractivity contribution in [2.45, 2.75) is 43.8 Å². The third kappa shape index (κ3) is 4.31. The van der Waals surface area contributed by atoms with Crippen molar-refractivity contribution in [3.63, 3.8) is 0 Å². The fourth-order valence-electron chi connectivity index (χ4n) is 2.84. The first kappa shape index (κ1) is 16.0. The standard InChI is InChI=1S/C16H21N5OS/c1-11-6-2-3-7-12(11)18-14(22)10-23-16-19-15(20-21-16)13-8-4-5-9-17-13/h4-5,8-9,11-12H,2-3,6-7,10H2,1H3,(H,18,22)(H,19,20,21). The molecule has 2 aromatic heterocycles. The molecule has 1 aliphatic rings. The summed E-state index contributed by atoms with van der Waals surface area (Å²) in [7, 11) is 0. The van der Waals surface area contributed by atoms with Crippen molar-refractivity contribution in [1.29, 1.82) is 0 Å². The maximum Gasteiger partial charge on any atom is 0.230 e. The van der Waals surface area contributed by atoms with Gasteiger partial charge in [-0.3, -0.25) is 14.9 Å². The molecule has 0 saturated heterocycles. The Bertz CT molecular complexity index is 645. The van der Waals surface area contributed by atoms with Crippen molar-refractivity contribution in [2.24, 2.45) is 5.92 Å². The van der Waals surface area contributed by atoms with Gasteiger partial charge in [-0.15, -0.1) is 5.10 Å². The van der Waals surface area contributed by atoms with Crippen LogP contribution >= 0.6 is 11.8 Å². The molecule has 1 aliphatic carbocycles. The number of carbonyl (C=O) groups excluding carboxylic acids is 1. The molecule has 3 rings (SSSR count). The minimum atomic E-state index is 0.0536. The van der Waals surface area contributed by atoms with Crippen LogP contribution in [0.15, 0.2) is 29.6 Å². The number of pyridine rings is 1. The second-order valence-electron chi connectivity index (χ2n) is 5.91. The normalized spacial score (nSPS) is 21.1. The van der Waals surface area contributed by atoms with Gasteiger partial charge in [0.05, 0.1) is 5.75 Å². The van der Waals surface area contributed by atoms with Crippen LogP contribution in [0.3, 0.4) is 0 Å². The molecule has 23 heavy (non-hydrogen) atoms. The minimum Gasteiger partial charge on any atom is -0.352 e. The van der Waals surface area contributed by atoms with E-state index in [0.29, 0.717) is 28.7 Å². The van der Waals surface area contributed by atoms with Crippen molar-refractivity contribution in [2.75, 3.05) is 5.75 Å². The molecule has 2 aromatic rings. The van der Waals surface area contributed by atoms with Gasteiger partial charge < -0.3 is 5.32 Å². The maximum atomic E-state index is 12.1. The van der Waals surface area contributed by atoms with E-state index in [0.717, 1.165) is 12.1 Å². The third-order valence-electron chi connectivity index (χ3n) is 4.16. The monoisotopic (exact) mass is 331 g/mol. The molecule has 2 atom stereocenters. The molecule has 0 aliphatic heterocycles. The van der Waals surface area contributed by atoms with Gasteiger partial charge in [-0.1, -0.05) is 37.6 Å². The molecular formula is C16H21N5OS. The van der Waals surface area contributed by atoms with Crippen molar-refractivity contribution in [3.8, 4) is 11.5 Å². The zero-order valence-corrected chi connectivity index (χ0v) is 14.0. The lowest BCUT2D eigenvalue weighted by molar-refractivity contribution is -0.119. The Balaban J connectivity index is 1.50. The van der Waals surface area contributed by atoms with Crippen LogP contribution in [0.4, 0.5) is 0 Å². The Hall–Kier alpha value is -1.89. The number of nitrogens with one attached hydrogen (secondary N) is 2. The molecule has 0 spiro atoms. The van der Waals surface area contributed by atoms with Gasteiger partial charge in [-0.25, -0.2) is 0 Å². The molecule has 122 valence electrons. The molecule has 0 radical (unpaired) electrons. The molecule has 0 bridgehead atoms. The smallest absolute Gasteiger partial charge is 0.230 e. The summed E-state index contributed by atoms with van der Waals surface area (Å²) < 4.78 is 0. The van der Waals surface area contributed by atoms with Crippen LogP contribution in [-0.4, -0.2) is 37.9 Å². The second-order valence-corrected chi connectivity index (χ2v) is 6.85. The Morgan fingerprint density at radius 1 is 1.39 bits per heavy atom. The average molecular weight is 331 g/mol. The quantitative estimate of drug-likeness (QED) is 0.823. The van der Waals surface area contributed by atoms with Crippen molar-refractivity contribution in [1.82, 2.24) is 25.5 Å². The predicted molar refractivity (Wildman–Crippen MR) is 89.9 cm³/mol. The lowest BCUT2D eigenvalue weighted by Crippen LogP contribution is -2.41. The molecule has 1 saturated carbocycles. The van der Waals surface area contributed by atoms with Crippen molar-refractivity contribution in [3.05, 3.63) is 24.4 Å². The molecular weight excluding hydrogens is 310 g/mol. The molecule has 2 heterocycles. The first-order valence-corrected chi connectivity index (χ1v) is 8.97. The van der Waals surface area contributed by atoms with Crippen LogP contribution in [0.25, 0.3) is 11.5 Å². The lowest BCUT2D eigenvalue weighted by Gasteiger charge is -2.29. The molecule has 2 N–H and O–H groups in total. The molecule has 7 heteroatoms. The lowest BCUT2D eigenvalue weighted by atomic mass is 9.86. The van der Waals surface area contributed by atoms with E-state index in [9.17, 15) is 4.79 Å². The summed E-state index contributed by atoms with van der Waals surface area (Å²) in [6.07, 6.45) is 6.48. The Labute approximate surface area is 139 Å². The second kappa shape index (κ2) is 7.59. The number of rotatable bonds is 5. The van der Waals surface area contributed by atoms with Gasteiger partial charge in [0.15, 0.2) is 5.82 Å². The van der Waals surface area contributed by atoms with Gasteiger partial charge in [-0.05, 0) is 30.9 Å². The number of H-pyrrole nitrogens is 1. The highest BCUT2D eigenvalue weighted by molar-refractivity contribution is 7.99. The zero-order chi connectivity index (χ0) is 16.1. The van der Waals surface area contributed by atoms with Crippen molar-refractivity contribution >= 4 is 17.7 Å². The van der Waals surface area contributed by atoms with Gasteiger partial charge in [0.1, 0.15) is 5.69 Å². The summed E-state index contributed by atoms with van der Waals surface area (Å²) in [4.78, 5) is 20.7. The fraction of sp³-hybridized carbons (Fsp3) is 0.500. The highest BCUT2D eigenvalue weighted by Crippen LogP contribution is 2.24. The Morgan fingerprint density at radius 3 is 3.04 bits per heavy atom. The third-order valence-corrected chi connectivity index (χ3v) is 5.01. The van der Waals surface area contributed by atoms with Crippen LogP contribution in [-0.2, 0) is 4.79 Å². The SMILES string of the molecule is CC1CCCCC1NC(=O)CSc1n[nH]c(-c2ccccn2)n1.